The Kier molecular flexibility index (Phi) is 5.21. The minimum Gasteiger partial charge on any atom is -0.335 e. The normalized spacial score (nSPS) is 14.3. The zero-order chi connectivity index (χ0) is 19.5. The van der Waals surface area contributed by atoms with Crippen molar-refractivity contribution in [3.05, 3.63) is 53.4 Å². The average molecular weight is 380 g/mol. The highest BCUT2D eigenvalue weighted by molar-refractivity contribution is 5.77. The van der Waals surface area contributed by atoms with Gasteiger partial charge < -0.3 is 4.90 Å². The van der Waals surface area contributed by atoms with Gasteiger partial charge in [0.15, 0.2) is 0 Å². The molecule has 0 fully saturated rings. The Morgan fingerprint density at radius 3 is 2.93 bits per heavy atom. The lowest BCUT2D eigenvalue weighted by molar-refractivity contribution is -0.131. The maximum Gasteiger partial charge on any atom is 0.226 e. The molecule has 0 bridgehead atoms. The van der Waals surface area contributed by atoms with E-state index in [1.807, 2.05) is 46.9 Å². The summed E-state index contributed by atoms with van der Waals surface area (Å²) >= 11 is 0. The molecule has 8 nitrogen and oxygen atoms in total. The topological polar surface area (TPSA) is 80.3 Å². The van der Waals surface area contributed by atoms with Crippen LogP contribution in [0.3, 0.4) is 0 Å². The molecular formula is C20H24N6O2. The summed E-state index contributed by atoms with van der Waals surface area (Å²) < 4.78 is 6.78. The van der Waals surface area contributed by atoms with Gasteiger partial charge in [-0.2, -0.15) is 5.10 Å². The maximum absolute atomic E-state index is 12.2. The average Bonchev–Trinajstić information content (AvgIpc) is 3.30. The van der Waals surface area contributed by atoms with Crippen molar-refractivity contribution < 1.29 is 9.42 Å². The molecule has 4 rings (SSSR count). The number of rotatable bonds is 6. The van der Waals surface area contributed by atoms with E-state index >= 15 is 0 Å². The first kappa shape index (κ1) is 18.4. The van der Waals surface area contributed by atoms with Crippen molar-refractivity contribution in [1.29, 1.82) is 0 Å². The molecule has 1 aromatic carbocycles. The van der Waals surface area contributed by atoms with Crippen LogP contribution in [0.1, 0.15) is 30.3 Å². The van der Waals surface area contributed by atoms with E-state index in [0.29, 0.717) is 19.5 Å². The zero-order valence-corrected chi connectivity index (χ0v) is 16.2. The number of nitrogens with zero attached hydrogens (tertiary/aromatic N) is 6. The van der Waals surface area contributed by atoms with Crippen LogP contribution in [0.2, 0.25) is 0 Å². The van der Waals surface area contributed by atoms with E-state index in [9.17, 15) is 4.79 Å². The molecule has 0 saturated carbocycles. The van der Waals surface area contributed by atoms with E-state index in [2.05, 4.69) is 28.3 Å². The first-order chi connectivity index (χ1) is 13.6. The van der Waals surface area contributed by atoms with Crippen molar-refractivity contribution in [1.82, 2.24) is 29.9 Å². The standard InChI is InChI=1S/C20H24N6O2/c1-3-4-5-20(27)25-8-9-26-17(14-25)11-16(21-26)13-24(2)12-15-6-7-18-19(10-15)23-28-22-18/h3-4,6-7,10-11H,5,8-9,12-14H2,1-2H3/b4-3+. The Labute approximate surface area is 163 Å². The van der Waals surface area contributed by atoms with E-state index < -0.39 is 0 Å². The number of carbonyl (C=O) groups is 1. The molecule has 28 heavy (non-hydrogen) atoms. The minimum absolute atomic E-state index is 0.168. The number of aromatic nitrogens is 4. The highest BCUT2D eigenvalue weighted by atomic mass is 16.6. The second kappa shape index (κ2) is 7.93. The molecule has 0 atom stereocenters. The highest BCUT2D eigenvalue weighted by Crippen LogP contribution is 2.17. The third kappa shape index (κ3) is 3.96. The van der Waals surface area contributed by atoms with Gasteiger partial charge in [-0.1, -0.05) is 18.2 Å². The number of hydrogen-bond acceptors (Lipinski definition) is 6. The molecule has 2 aromatic heterocycles. The molecule has 8 heteroatoms. The quantitative estimate of drug-likeness (QED) is 0.611. The largest absolute Gasteiger partial charge is 0.335 e. The molecule has 0 N–H and O–H groups in total. The fourth-order valence-corrected chi connectivity index (χ4v) is 3.53. The Morgan fingerprint density at radius 1 is 1.21 bits per heavy atom. The molecule has 146 valence electrons. The van der Waals surface area contributed by atoms with E-state index in [1.165, 1.54) is 0 Å². The summed E-state index contributed by atoms with van der Waals surface area (Å²) in [5.74, 6) is 0.168. The summed E-state index contributed by atoms with van der Waals surface area (Å²) in [5, 5.41) is 12.4. The van der Waals surface area contributed by atoms with Crippen molar-refractivity contribution in [2.75, 3.05) is 13.6 Å². The lowest BCUT2D eigenvalue weighted by Gasteiger charge is -2.27. The van der Waals surface area contributed by atoms with Crippen LogP contribution in [0, 0.1) is 0 Å². The monoisotopic (exact) mass is 380 g/mol. The lowest BCUT2D eigenvalue weighted by Crippen LogP contribution is -2.38. The number of hydrogen-bond donors (Lipinski definition) is 0. The zero-order valence-electron chi connectivity index (χ0n) is 16.2. The fourth-order valence-electron chi connectivity index (χ4n) is 3.53. The molecular weight excluding hydrogens is 356 g/mol. The van der Waals surface area contributed by atoms with Crippen LogP contribution in [0.5, 0.6) is 0 Å². The summed E-state index contributed by atoms with van der Waals surface area (Å²) in [5.41, 5.74) is 4.80. The second-order valence-corrected chi connectivity index (χ2v) is 7.20. The Hall–Kier alpha value is -3.00. The van der Waals surface area contributed by atoms with Gasteiger partial charge in [-0.05, 0) is 48.0 Å². The fraction of sp³-hybridized carbons (Fsp3) is 0.400. The molecule has 1 aliphatic rings. The van der Waals surface area contributed by atoms with Gasteiger partial charge in [-0.3, -0.25) is 14.4 Å². The summed E-state index contributed by atoms with van der Waals surface area (Å²) in [6.07, 6.45) is 4.28. The molecule has 0 spiro atoms. The van der Waals surface area contributed by atoms with E-state index in [4.69, 9.17) is 9.73 Å². The third-order valence-corrected chi connectivity index (χ3v) is 4.93. The van der Waals surface area contributed by atoms with E-state index in [1.54, 1.807) is 0 Å². The Bertz CT molecular complexity index is 1010. The highest BCUT2D eigenvalue weighted by Gasteiger charge is 2.21. The number of allylic oxidation sites excluding steroid dienone is 1. The predicted octanol–water partition coefficient (Wildman–Crippen LogP) is 2.36. The Morgan fingerprint density at radius 2 is 2.07 bits per heavy atom. The summed E-state index contributed by atoms with van der Waals surface area (Å²) in [6, 6.07) is 8.06. The Balaban J connectivity index is 1.38. The van der Waals surface area contributed by atoms with Crippen LogP contribution in [0.25, 0.3) is 11.0 Å². The first-order valence-electron chi connectivity index (χ1n) is 9.46. The van der Waals surface area contributed by atoms with Gasteiger partial charge in [0.1, 0.15) is 11.0 Å². The molecule has 0 radical (unpaired) electrons. The van der Waals surface area contributed by atoms with Crippen LogP contribution in [-0.4, -0.2) is 49.4 Å². The molecule has 1 aliphatic heterocycles. The van der Waals surface area contributed by atoms with Gasteiger partial charge in [-0.25, -0.2) is 4.63 Å². The number of benzene rings is 1. The molecule has 0 aliphatic carbocycles. The van der Waals surface area contributed by atoms with E-state index in [0.717, 1.165) is 47.6 Å². The molecule has 0 saturated heterocycles. The van der Waals surface area contributed by atoms with Gasteiger partial charge in [0.2, 0.25) is 5.91 Å². The summed E-state index contributed by atoms with van der Waals surface area (Å²) in [4.78, 5) is 16.4. The van der Waals surface area contributed by atoms with Gasteiger partial charge in [-0.15, -0.1) is 0 Å². The van der Waals surface area contributed by atoms with Crippen molar-refractivity contribution in [2.24, 2.45) is 0 Å². The van der Waals surface area contributed by atoms with Crippen LogP contribution in [0.4, 0.5) is 0 Å². The molecule has 3 heterocycles. The van der Waals surface area contributed by atoms with Crippen molar-refractivity contribution in [2.45, 2.75) is 39.5 Å². The minimum atomic E-state index is 0.168. The van der Waals surface area contributed by atoms with Crippen molar-refractivity contribution in [3.63, 3.8) is 0 Å². The lowest BCUT2D eigenvalue weighted by atomic mass is 10.2. The summed E-state index contributed by atoms with van der Waals surface area (Å²) in [7, 11) is 2.07. The SMILES string of the molecule is C/C=C/CC(=O)N1CCn2nc(CN(C)Cc3ccc4nonc4c3)cc2C1. The van der Waals surface area contributed by atoms with Gasteiger partial charge in [0, 0.05) is 26.1 Å². The predicted molar refractivity (Wildman–Crippen MR) is 104 cm³/mol. The summed E-state index contributed by atoms with van der Waals surface area (Å²) in [6.45, 7) is 5.54. The van der Waals surface area contributed by atoms with Gasteiger partial charge in [0.05, 0.1) is 24.5 Å². The van der Waals surface area contributed by atoms with Crippen LogP contribution in [0.15, 0.2) is 41.0 Å². The van der Waals surface area contributed by atoms with E-state index in [-0.39, 0.29) is 5.91 Å². The van der Waals surface area contributed by atoms with Crippen LogP contribution in [-0.2, 0) is 31.0 Å². The van der Waals surface area contributed by atoms with Crippen molar-refractivity contribution >= 4 is 16.9 Å². The molecule has 1 amide bonds. The number of fused-ring (bicyclic) bond motifs is 2. The smallest absolute Gasteiger partial charge is 0.226 e. The van der Waals surface area contributed by atoms with Crippen molar-refractivity contribution in [3.8, 4) is 0 Å². The van der Waals surface area contributed by atoms with Crippen LogP contribution >= 0.6 is 0 Å². The first-order valence-corrected chi connectivity index (χ1v) is 9.46. The van der Waals surface area contributed by atoms with Crippen LogP contribution < -0.4 is 0 Å². The van der Waals surface area contributed by atoms with Gasteiger partial charge >= 0.3 is 0 Å². The molecule has 3 aromatic rings. The number of amides is 1. The maximum atomic E-state index is 12.2. The molecule has 0 unspecified atom stereocenters. The second-order valence-electron chi connectivity index (χ2n) is 7.20. The third-order valence-electron chi connectivity index (χ3n) is 4.93. The van der Waals surface area contributed by atoms with Gasteiger partial charge in [0.25, 0.3) is 0 Å². The number of carbonyl (C=O) groups excluding carboxylic acids is 1.